The van der Waals surface area contributed by atoms with Crippen molar-refractivity contribution in [3.8, 4) is 11.5 Å². The fourth-order valence-corrected chi connectivity index (χ4v) is 1.94. The minimum atomic E-state index is -0.469. The summed E-state index contributed by atoms with van der Waals surface area (Å²) in [4.78, 5) is 12.1. The van der Waals surface area contributed by atoms with Crippen LogP contribution in [-0.2, 0) is 6.54 Å². The summed E-state index contributed by atoms with van der Waals surface area (Å²) in [7, 11) is 0. The molecule has 5 nitrogen and oxygen atoms in total. The van der Waals surface area contributed by atoms with Crippen molar-refractivity contribution in [1.29, 1.82) is 0 Å². The minimum absolute atomic E-state index is 0.0343. The number of hydrogen-bond acceptors (Lipinski definition) is 4. The Morgan fingerprint density at radius 1 is 1.14 bits per heavy atom. The van der Waals surface area contributed by atoms with E-state index in [0.717, 1.165) is 18.7 Å². The summed E-state index contributed by atoms with van der Waals surface area (Å²) in [5.74, 6) is -1.20. The zero-order chi connectivity index (χ0) is 15.2. The smallest absolute Gasteiger partial charge is 0.259 e. The lowest BCUT2D eigenvalue weighted by atomic mass is 10.1. The molecule has 0 saturated heterocycles. The SMILES string of the molecule is CCNCc1cccc(NC(=O)c2cccc(O)c2O)c1. The number of hydrogen-bond donors (Lipinski definition) is 4. The molecule has 0 atom stereocenters. The van der Waals surface area contributed by atoms with Crippen LogP contribution < -0.4 is 10.6 Å². The van der Waals surface area contributed by atoms with Gasteiger partial charge in [-0.15, -0.1) is 0 Å². The summed E-state index contributed by atoms with van der Waals surface area (Å²) in [5, 5.41) is 25.0. The van der Waals surface area contributed by atoms with Crippen LogP contribution in [-0.4, -0.2) is 22.7 Å². The van der Waals surface area contributed by atoms with Gasteiger partial charge in [0.25, 0.3) is 5.91 Å². The number of phenols is 2. The maximum absolute atomic E-state index is 12.1. The van der Waals surface area contributed by atoms with Crippen molar-refractivity contribution in [2.45, 2.75) is 13.5 Å². The van der Waals surface area contributed by atoms with Gasteiger partial charge in [-0.2, -0.15) is 0 Å². The fraction of sp³-hybridized carbons (Fsp3) is 0.188. The second-order valence-corrected chi connectivity index (χ2v) is 4.61. The fourth-order valence-electron chi connectivity index (χ4n) is 1.94. The Labute approximate surface area is 123 Å². The molecule has 21 heavy (non-hydrogen) atoms. The van der Waals surface area contributed by atoms with E-state index >= 15 is 0 Å². The van der Waals surface area contributed by atoms with Crippen LogP contribution in [0, 0.1) is 0 Å². The Bertz CT molecular complexity index is 641. The van der Waals surface area contributed by atoms with Crippen molar-refractivity contribution in [1.82, 2.24) is 5.32 Å². The molecule has 0 aromatic heterocycles. The number of phenolic OH excluding ortho intramolecular Hbond substituents is 2. The summed E-state index contributed by atoms with van der Waals surface area (Å²) in [6.45, 7) is 3.61. The Morgan fingerprint density at radius 2 is 1.90 bits per heavy atom. The lowest BCUT2D eigenvalue weighted by Gasteiger charge is -2.09. The van der Waals surface area contributed by atoms with Gasteiger partial charge in [-0.3, -0.25) is 4.79 Å². The second kappa shape index (κ2) is 6.76. The molecule has 0 fully saturated rings. The van der Waals surface area contributed by atoms with E-state index < -0.39 is 11.7 Å². The molecular weight excluding hydrogens is 268 g/mol. The molecular formula is C16H18N2O3. The van der Waals surface area contributed by atoms with Gasteiger partial charge in [-0.25, -0.2) is 0 Å². The van der Waals surface area contributed by atoms with Gasteiger partial charge >= 0.3 is 0 Å². The molecule has 0 aliphatic carbocycles. The van der Waals surface area contributed by atoms with E-state index in [9.17, 15) is 15.0 Å². The molecule has 110 valence electrons. The molecule has 0 heterocycles. The van der Waals surface area contributed by atoms with E-state index in [1.54, 1.807) is 6.07 Å². The summed E-state index contributed by atoms with van der Waals surface area (Å²) in [6.07, 6.45) is 0. The molecule has 0 radical (unpaired) electrons. The van der Waals surface area contributed by atoms with E-state index in [2.05, 4.69) is 10.6 Å². The number of aromatic hydroxyl groups is 2. The lowest BCUT2D eigenvalue weighted by molar-refractivity contribution is 0.102. The number of benzene rings is 2. The third-order valence-corrected chi connectivity index (χ3v) is 3.02. The first-order valence-electron chi connectivity index (χ1n) is 6.73. The minimum Gasteiger partial charge on any atom is -0.504 e. The number of para-hydroxylation sites is 1. The molecule has 0 aliphatic rings. The Balaban J connectivity index is 2.14. The van der Waals surface area contributed by atoms with Crippen molar-refractivity contribution < 1.29 is 15.0 Å². The van der Waals surface area contributed by atoms with Crippen molar-refractivity contribution >= 4 is 11.6 Å². The molecule has 2 rings (SSSR count). The third kappa shape index (κ3) is 3.73. The van der Waals surface area contributed by atoms with Crippen LogP contribution in [0.5, 0.6) is 11.5 Å². The first-order chi connectivity index (χ1) is 10.1. The quantitative estimate of drug-likeness (QED) is 0.636. The number of carbonyl (C=O) groups is 1. The molecule has 0 unspecified atom stereocenters. The first kappa shape index (κ1) is 14.9. The van der Waals surface area contributed by atoms with Crippen LogP contribution in [0.2, 0.25) is 0 Å². The van der Waals surface area contributed by atoms with Gasteiger partial charge in [0, 0.05) is 12.2 Å². The van der Waals surface area contributed by atoms with Gasteiger partial charge < -0.3 is 20.8 Å². The highest BCUT2D eigenvalue weighted by Gasteiger charge is 2.14. The van der Waals surface area contributed by atoms with Crippen molar-refractivity contribution in [2.24, 2.45) is 0 Å². The highest BCUT2D eigenvalue weighted by Crippen LogP contribution is 2.28. The van der Waals surface area contributed by atoms with E-state index in [4.69, 9.17) is 0 Å². The molecule has 0 aliphatic heterocycles. The molecule has 5 heteroatoms. The summed E-state index contributed by atoms with van der Waals surface area (Å²) in [5.41, 5.74) is 1.72. The zero-order valence-electron chi connectivity index (χ0n) is 11.8. The number of amides is 1. The molecule has 2 aromatic carbocycles. The molecule has 0 bridgehead atoms. The molecule has 2 aromatic rings. The third-order valence-electron chi connectivity index (χ3n) is 3.02. The van der Waals surface area contributed by atoms with E-state index in [1.165, 1.54) is 18.2 Å². The zero-order valence-corrected chi connectivity index (χ0v) is 11.8. The Hall–Kier alpha value is -2.53. The highest BCUT2D eigenvalue weighted by molar-refractivity contribution is 6.06. The lowest BCUT2D eigenvalue weighted by Crippen LogP contribution is -2.14. The maximum atomic E-state index is 12.1. The number of carbonyl (C=O) groups excluding carboxylic acids is 1. The average Bonchev–Trinajstić information content (AvgIpc) is 2.48. The first-order valence-corrected chi connectivity index (χ1v) is 6.73. The van der Waals surface area contributed by atoms with Gasteiger partial charge in [-0.05, 0) is 36.4 Å². The standard InChI is InChI=1S/C16H18N2O3/c1-2-17-10-11-5-3-6-12(9-11)18-16(21)13-7-4-8-14(19)15(13)20/h3-9,17,19-20H,2,10H2,1H3,(H,18,21). The average molecular weight is 286 g/mol. The largest absolute Gasteiger partial charge is 0.504 e. The van der Waals surface area contributed by atoms with Crippen molar-refractivity contribution in [3.63, 3.8) is 0 Å². The number of anilines is 1. The van der Waals surface area contributed by atoms with Crippen LogP contribution in [0.3, 0.4) is 0 Å². The second-order valence-electron chi connectivity index (χ2n) is 4.61. The highest BCUT2D eigenvalue weighted by atomic mass is 16.3. The maximum Gasteiger partial charge on any atom is 0.259 e. The van der Waals surface area contributed by atoms with E-state index in [1.807, 2.05) is 25.1 Å². The van der Waals surface area contributed by atoms with Crippen LogP contribution >= 0.6 is 0 Å². The van der Waals surface area contributed by atoms with Crippen LogP contribution in [0.15, 0.2) is 42.5 Å². The number of nitrogens with one attached hydrogen (secondary N) is 2. The van der Waals surface area contributed by atoms with Crippen LogP contribution in [0.1, 0.15) is 22.8 Å². The summed E-state index contributed by atoms with van der Waals surface area (Å²) in [6, 6.07) is 11.7. The van der Waals surface area contributed by atoms with Gasteiger partial charge in [0.15, 0.2) is 11.5 Å². The van der Waals surface area contributed by atoms with Crippen LogP contribution in [0.25, 0.3) is 0 Å². The van der Waals surface area contributed by atoms with Gasteiger partial charge in [0.1, 0.15) is 0 Å². The normalized spacial score (nSPS) is 10.3. The monoisotopic (exact) mass is 286 g/mol. The molecule has 0 saturated carbocycles. The Morgan fingerprint density at radius 3 is 2.67 bits per heavy atom. The summed E-state index contributed by atoms with van der Waals surface area (Å²) < 4.78 is 0. The van der Waals surface area contributed by atoms with Gasteiger partial charge in [-0.1, -0.05) is 25.1 Å². The predicted octanol–water partition coefficient (Wildman–Crippen LogP) is 2.46. The molecule has 4 N–H and O–H groups in total. The van der Waals surface area contributed by atoms with Crippen molar-refractivity contribution in [2.75, 3.05) is 11.9 Å². The number of rotatable bonds is 5. The molecule has 0 spiro atoms. The molecule has 1 amide bonds. The van der Waals surface area contributed by atoms with Crippen LogP contribution in [0.4, 0.5) is 5.69 Å². The van der Waals surface area contributed by atoms with Gasteiger partial charge in [0.05, 0.1) is 5.56 Å². The van der Waals surface area contributed by atoms with Crippen molar-refractivity contribution in [3.05, 3.63) is 53.6 Å². The van der Waals surface area contributed by atoms with Gasteiger partial charge in [0.2, 0.25) is 0 Å². The topological polar surface area (TPSA) is 81.6 Å². The predicted molar refractivity (Wildman–Crippen MR) is 81.5 cm³/mol. The Kier molecular flexibility index (Phi) is 4.79. The van der Waals surface area contributed by atoms with E-state index in [0.29, 0.717) is 5.69 Å². The summed E-state index contributed by atoms with van der Waals surface area (Å²) >= 11 is 0. The van der Waals surface area contributed by atoms with E-state index in [-0.39, 0.29) is 11.3 Å².